The van der Waals surface area contributed by atoms with Gasteiger partial charge in [0.25, 0.3) is 0 Å². The van der Waals surface area contributed by atoms with Gasteiger partial charge in [-0.2, -0.15) is 0 Å². The van der Waals surface area contributed by atoms with Gasteiger partial charge >= 0.3 is 0 Å². The van der Waals surface area contributed by atoms with Crippen LogP contribution in [0.1, 0.15) is 72.1 Å². The minimum absolute atomic E-state index is 0.114. The van der Waals surface area contributed by atoms with Gasteiger partial charge in [-0.3, -0.25) is 4.79 Å². The van der Waals surface area contributed by atoms with Gasteiger partial charge in [0, 0.05) is 17.5 Å². The molecule has 3 heteroatoms. The number of hydrogen-bond acceptors (Lipinski definition) is 2. The summed E-state index contributed by atoms with van der Waals surface area (Å²) >= 11 is 0. The van der Waals surface area contributed by atoms with Crippen molar-refractivity contribution in [1.29, 1.82) is 0 Å². The fourth-order valence-corrected chi connectivity index (χ4v) is 7.12. The van der Waals surface area contributed by atoms with Crippen LogP contribution in [-0.4, -0.2) is 24.5 Å². The number of carbonyl (C=O) groups excluding carboxylic acids is 1. The quantitative estimate of drug-likeness (QED) is 0.756. The standard InChI is InChI=1S/C22H36N2O/c1-4-5-14-23-18-9-7-16-15-6-8-19-22(3,13-11-20(25)24-19)17(15)10-12-21(16,18)2/h11,13,15-19,23H,4-10,12,14H2,1-3H3,(H,24,25)/t15-,16-,17+,18?,19?,21-,22+/m0/s1. The number of fused-ring (bicyclic) bond motifs is 5. The first-order valence-electron chi connectivity index (χ1n) is 10.7. The van der Waals surface area contributed by atoms with Crippen molar-refractivity contribution in [2.45, 2.75) is 84.2 Å². The maximum Gasteiger partial charge on any atom is 0.243 e. The van der Waals surface area contributed by atoms with Crippen LogP contribution in [0, 0.1) is 28.6 Å². The van der Waals surface area contributed by atoms with Crippen molar-refractivity contribution in [3.05, 3.63) is 12.2 Å². The third kappa shape index (κ3) is 2.69. The van der Waals surface area contributed by atoms with E-state index >= 15 is 0 Å². The summed E-state index contributed by atoms with van der Waals surface area (Å²) in [5, 5.41) is 7.18. The van der Waals surface area contributed by atoms with E-state index in [0.717, 1.165) is 30.2 Å². The second-order valence-corrected chi connectivity index (χ2v) is 9.70. The van der Waals surface area contributed by atoms with Gasteiger partial charge in [-0.05, 0) is 80.7 Å². The molecule has 1 aliphatic heterocycles. The Morgan fingerprint density at radius 2 is 2.00 bits per heavy atom. The van der Waals surface area contributed by atoms with Crippen LogP contribution in [0.4, 0.5) is 0 Å². The lowest BCUT2D eigenvalue weighted by Gasteiger charge is -2.58. The van der Waals surface area contributed by atoms with Crippen LogP contribution in [0.5, 0.6) is 0 Å². The molecule has 0 spiro atoms. The molecule has 3 nitrogen and oxygen atoms in total. The minimum atomic E-state index is 0.114. The van der Waals surface area contributed by atoms with Crippen LogP contribution in [0.2, 0.25) is 0 Å². The molecule has 0 bridgehead atoms. The second kappa shape index (κ2) is 6.40. The van der Waals surface area contributed by atoms with Crippen molar-refractivity contribution < 1.29 is 4.79 Å². The average Bonchev–Trinajstić information content (AvgIpc) is 2.92. The summed E-state index contributed by atoms with van der Waals surface area (Å²) in [4.78, 5) is 11.8. The summed E-state index contributed by atoms with van der Waals surface area (Å²) in [6.07, 6.45) is 14.6. The molecule has 25 heavy (non-hydrogen) atoms. The van der Waals surface area contributed by atoms with E-state index in [9.17, 15) is 4.79 Å². The zero-order valence-electron chi connectivity index (χ0n) is 16.3. The maximum absolute atomic E-state index is 11.8. The monoisotopic (exact) mass is 344 g/mol. The number of nitrogens with one attached hydrogen (secondary N) is 2. The summed E-state index contributed by atoms with van der Waals surface area (Å²) < 4.78 is 0. The van der Waals surface area contributed by atoms with Gasteiger partial charge in [-0.25, -0.2) is 0 Å². The Kier molecular flexibility index (Phi) is 4.50. The van der Waals surface area contributed by atoms with E-state index in [-0.39, 0.29) is 11.3 Å². The number of carbonyl (C=O) groups is 1. The lowest BCUT2D eigenvalue weighted by atomic mass is 9.48. The van der Waals surface area contributed by atoms with Gasteiger partial charge in [0.2, 0.25) is 5.91 Å². The van der Waals surface area contributed by atoms with Crippen molar-refractivity contribution in [2.24, 2.45) is 28.6 Å². The highest BCUT2D eigenvalue weighted by atomic mass is 16.1. The summed E-state index contributed by atoms with van der Waals surface area (Å²) in [7, 11) is 0. The highest BCUT2D eigenvalue weighted by Gasteiger charge is 2.59. The molecule has 0 aromatic carbocycles. The first kappa shape index (κ1) is 17.6. The number of amides is 1. The van der Waals surface area contributed by atoms with E-state index in [1.807, 2.05) is 0 Å². The largest absolute Gasteiger partial charge is 0.349 e. The first-order valence-corrected chi connectivity index (χ1v) is 10.7. The molecule has 4 rings (SSSR count). The predicted octanol–water partition coefficient (Wildman–Crippen LogP) is 4.04. The summed E-state index contributed by atoms with van der Waals surface area (Å²) in [6.45, 7) is 8.46. The highest BCUT2D eigenvalue weighted by molar-refractivity contribution is 5.89. The maximum atomic E-state index is 11.8. The van der Waals surface area contributed by atoms with Crippen LogP contribution in [0.25, 0.3) is 0 Å². The molecule has 4 aliphatic rings. The molecule has 1 heterocycles. The highest BCUT2D eigenvalue weighted by Crippen LogP contribution is 2.63. The zero-order valence-corrected chi connectivity index (χ0v) is 16.3. The minimum Gasteiger partial charge on any atom is -0.349 e. The van der Waals surface area contributed by atoms with Crippen LogP contribution >= 0.6 is 0 Å². The Labute approximate surface area is 153 Å². The van der Waals surface area contributed by atoms with E-state index in [1.54, 1.807) is 6.08 Å². The molecule has 0 saturated heterocycles. The molecule has 3 aliphatic carbocycles. The normalized spacial score (nSPS) is 48.4. The van der Waals surface area contributed by atoms with Crippen molar-refractivity contribution in [3.8, 4) is 0 Å². The fraction of sp³-hybridized carbons (Fsp3) is 0.864. The Hall–Kier alpha value is -0.830. The molecule has 3 saturated carbocycles. The molecule has 2 N–H and O–H groups in total. The average molecular weight is 345 g/mol. The Morgan fingerprint density at radius 1 is 1.16 bits per heavy atom. The van der Waals surface area contributed by atoms with E-state index in [0.29, 0.717) is 11.5 Å². The third-order valence-electron chi connectivity index (χ3n) is 8.61. The molecule has 2 unspecified atom stereocenters. The van der Waals surface area contributed by atoms with Crippen LogP contribution in [-0.2, 0) is 4.79 Å². The van der Waals surface area contributed by atoms with E-state index in [2.05, 4.69) is 37.5 Å². The van der Waals surface area contributed by atoms with Crippen molar-refractivity contribution in [2.75, 3.05) is 6.54 Å². The topological polar surface area (TPSA) is 41.1 Å². The molecule has 0 aromatic rings. The number of unbranched alkanes of at least 4 members (excludes halogenated alkanes) is 1. The lowest BCUT2D eigenvalue weighted by Crippen LogP contribution is -2.60. The Morgan fingerprint density at radius 3 is 2.80 bits per heavy atom. The van der Waals surface area contributed by atoms with Gasteiger partial charge in [0.15, 0.2) is 0 Å². The first-order chi connectivity index (χ1) is 12.0. The number of hydrogen-bond donors (Lipinski definition) is 2. The Bertz CT molecular complexity index is 558. The third-order valence-corrected chi connectivity index (χ3v) is 8.61. The molecule has 0 radical (unpaired) electrons. The van der Waals surface area contributed by atoms with E-state index < -0.39 is 0 Å². The molecule has 7 atom stereocenters. The summed E-state index contributed by atoms with van der Waals surface area (Å²) in [6, 6.07) is 1.08. The van der Waals surface area contributed by atoms with E-state index in [4.69, 9.17) is 0 Å². The van der Waals surface area contributed by atoms with Crippen LogP contribution in [0.3, 0.4) is 0 Å². The van der Waals surface area contributed by atoms with Crippen molar-refractivity contribution >= 4 is 5.91 Å². The van der Waals surface area contributed by atoms with Crippen molar-refractivity contribution in [1.82, 2.24) is 10.6 Å². The van der Waals surface area contributed by atoms with Crippen LogP contribution in [0.15, 0.2) is 12.2 Å². The molecule has 140 valence electrons. The van der Waals surface area contributed by atoms with Gasteiger partial charge in [0.1, 0.15) is 0 Å². The summed E-state index contributed by atoms with van der Waals surface area (Å²) in [5.74, 6) is 2.57. The van der Waals surface area contributed by atoms with Gasteiger partial charge in [-0.1, -0.05) is 33.3 Å². The van der Waals surface area contributed by atoms with Gasteiger partial charge in [0.05, 0.1) is 0 Å². The van der Waals surface area contributed by atoms with Gasteiger partial charge < -0.3 is 10.6 Å². The smallest absolute Gasteiger partial charge is 0.243 e. The van der Waals surface area contributed by atoms with E-state index in [1.165, 1.54) is 51.5 Å². The summed E-state index contributed by atoms with van der Waals surface area (Å²) in [5.41, 5.74) is 0.658. The second-order valence-electron chi connectivity index (χ2n) is 9.70. The van der Waals surface area contributed by atoms with Gasteiger partial charge in [-0.15, -0.1) is 0 Å². The zero-order chi connectivity index (χ0) is 17.7. The molecule has 1 amide bonds. The molecular weight excluding hydrogens is 308 g/mol. The number of rotatable bonds is 4. The SMILES string of the molecule is CCCCNC1CC[C@H]2[C@@H]3CCC4NC(=O)C=C[C@]4(C)[C@@H]3CC[C@]12C. The van der Waals surface area contributed by atoms with Crippen molar-refractivity contribution in [3.63, 3.8) is 0 Å². The fourth-order valence-electron chi connectivity index (χ4n) is 7.12. The van der Waals surface area contributed by atoms with Crippen LogP contribution < -0.4 is 10.6 Å². The predicted molar refractivity (Wildman–Crippen MR) is 102 cm³/mol. The molecule has 0 aromatic heterocycles. The lowest BCUT2D eigenvalue weighted by molar-refractivity contribution is -0.122. The molecular formula is C22H36N2O. The Balaban J connectivity index is 1.54. The molecule has 3 fully saturated rings.